The Morgan fingerprint density at radius 3 is 2.25 bits per heavy atom. The lowest BCUT2D eigenvalue weighted by molar-refractivity contribution is 0.219. The summed E-state index contributed by atoms with van der Waals surface area (Å²) in [5.74, 6) is 0. The number of hydrogen-bond acceptors (Lipinski definition) is 1. The molecule has 2 aliphatic rings. The molecular formula is C11H21N. The van der Waals surface area contributed by atoms with Gasteiger partial charge in [-0.2, -0.15) is 0 Å². The van der Waals surface area contributed by atoms with E-state index in [4.69, 9.17) is 0 Å². The third kappa shape index (κ3) is 1.82. The maximum atomic E-state index is 2.66. The zero-order chi connectivity index (χ0) is 8.82. The summed E-state index contributed by atoms with van der Waals surface area (Å²) in [4.78, 5) is 2.66. The van der Waals surface area contributed by atoms with Crippen molar-refractivity contribution < 1.29 is 0 Å². The summed E-state index contributed by atoms with van der Waals surface area (Å²) in [6.07, 6.45) is 4.49. The lowest BCUT2D eigenvalue weighted by Gasteiger charge is -2.26. The van der Waals surface area contributed by atoms with Gasteiger partial charge in [0.15, 0.2) is 0 Å². The summed E-state index contributed by atoms with van der Waals surface area (Å²) >= 11 is 0. The first-order chi connectivity index (χ1) is 5.49. The third-order valence-electron chi connectivity index (χ3n) is 3.17. The molecule has 2 fully saturated rings. The number of hydrogen-bond donors (Lipinski definition) is 0. The first-order valence-electron chi connectivity index (χ1n) is 5.22. The monoisotopic (exact) mass is 167 g/mol. The average molecular weight is 167 g/mol. The molecule has 12 heavy (non-hydrogen) atoms. The molecule has 1 aliphatic heterocycles. The minimum Gasteiger partial charge on any atom is -0.302 e. The van der Waals surface area contributed by atoms with Crippen molar-refractivity contribution in [3.63, 3.8) is 0 Å². The van der Waals surface area contributed by atoms with Crippen LogP contribution >= 0.6 is 0 Å². The van der Waals surface area contributed by atoms with E-state index in [0.717, 1.165) is 5.41 Å². The third-order valence-corrected chi connectivity index (χ3v) is 3.17. The van der Waals surface area contributed by atoms with Gasteiger partial charge in [0, 0.05) is 13.1 Å². The van der Waals surface area contributed by atoms with E-state index in [9.17, 15) is 0 Å². The van der Waals surface area contributed by atoms with Crippen LogP contribution < -0.4 is 0 Å². The van der Waals surface area contributed by atoms with Gasteiger partial charge in [0.2, 0.25) is 0 Å². The molecule has 1 saturated carbocycles. The predicted molar refractivity (Wildman–Crippen MR) is 52.2 cm³/mol. The highest BCUT2D eigenvalue weighted by Crippen LogP contribution is 2.52. The van der Waals surface area contributed by atoms with Crippen LogP contribution in [0, 0.1) is 10.8 Å². The molecule has 0 aromatic carbocycles. The van der Waals surface area contributed by atoms with Crippen molar-refractivity contribution in [3.05, 3.63) is 0 Å². The molecule has 1 spiro atoms. The largest absolute Gasteiger partial charge is 0.302 e. The zero-order valence-corrected chi connectivity index (χ0v) is 8.69. The SMILES string of the molecule is CC(C)(C)CN1CCC2(CC2)C1. The van der Waals surface area contributed by atoms with E-state index in [1.54, 1.807) is 0 Å². The first kappa shape index (κ1) is 8.55. The van der Waals surface area contributed by atoms with E-state index < -0.39 is 0 Å². The fraction of sp³-hybridized carbons (Fsp3) is 1.00. The lowest BCUT2D eigenvalue weighted by atomic mass is 9.96. The number of likely N-dealkylation sites (tertiary alicyclic amines) is 1. The van der Waals surface area contributed by atoms with Crippen LogP contribution in [0.25, 0.3) is 0 Å². The van der Waals surface area contributed by atoms with Crippen molar-refractivity contribution in [1.82, 2.24) is 4.90 Å². The second-order valence-corrected chi connectivity index (χ2v) is 6.02. The van der Waals surface area contributed by atoms with Crippen molar-refractivity contribution in [2.75, 3.05) is 19.6 Å². The minimum absolute atomic E-state index is 0.487. The minimum atomic E-state index is 0.487. The van der Waals surface area contributed by atoms with E-state index in [1.807, 2.05) is 0 Å². The van der Waals surface area contributed by atoms with Crippen molar-refractivity contribution in [1.29, 1.82) is 0 Å². The summed E-state index contributed by atoms with van der Waals surface area (Å²) < 4.78 is 0. The van der Waals surface area contributed by atoms with Crippen LogP contribution in [0.2, 0.25) is 0 Å². The summed E-state index contributed by atoms with van der Waals surface area (Å²) in [7, 11) is 0. The molecule has 2 rings (SSSR count). The molecule has 1 nitrogen and oxygen atoms in total. The van der Waals surface area contributed by atoms with Crippen molar-refractivity contribution in [2.45, 2.75) is 40.0 Å². The van der Waals surface area contributed by atoms with Crippen LogP contribution in [-0.2, 0) is 0 Å². The van der Waals surface area contributed by atoms with E-state index in [0.29, 0.717) is 5.41 Å². The topological polar surface area (TPSA) is 3.24 Å². The second kappa shape index (κ2) is 2.47. The van der Waals surface area contributed by atoms with Gasteiger partial charge < -0.3 is 4.90 Å². The molecule has 1 heterocycles. The normalized spacial score (nSPS) is 28.2. The zero-order valence-electron chi connectivity index (χ0n) is 8.69. The van der Waals surface area contributed by atoms with Gasteiger partial charge in [0.25, 0.3) is 0 Å². The summed E-state index contributed by atoms with van der Waals surface area (Å²) in [6, 6.07) is 0. The smallest absolute Gasteiger partial charge is 0.00387 e. The average Bonchev–Trinajstić information content (AvgIpc) is 2.49. The van der Waals surface area contributed by atoms with Crippen molar-refractivity contribution >= 4 is 0 Å². The Bertz CT molecular complexity index is 174. The van der Waals surface area contributed by atoms with Crippen LogP contribution in [0.4, 0.5) is 0 Å². The van der Waals surface area contributed by atoms with Gasteiger partial charge >= 0.3 is 0 Å². The molecule has 0 aromatic rings. The van der Waals surface area contributed by atoms with Gasteiger partial charge in [-0.15, -0.1) is 0 Å². The maximum absolute atomic E-state index is 2.66. The molecule has 70 valence electrons. The highest BCUT2D eigenvalue weighted by Gasteiger charge is 2.47. The summed E-state index contributed by atoms with van der Waals surface area (Å²) in [5, 5.41) is 0. The lowest BCUT2D eigenvalue weighted by Crippen LogP contribution is -2.31. The van der Waals surface area contributed by atoms with E-state index in [-0.39, 0.29) is 0 Å². The number of nitrogens with zero attached hydrogens (tertiary/aromatic N) is 1. The van der Waals surface area contributed by atoms with Gasteiger partial charge in [-0.05, 0) is 36.6 Å². The molecule has 0 bridgehead atoms. The second-order valence-electron chi connectivity index (χ2n) is 6.02. The summed E-state index contributed by atoms with van der Waals surface area (Å²) in [5.41, 5.74) is 1.30. The Morgan fingerprint density at radius 1 is 1.17 bits per heavy atom. The molecule has 0 N–H and O–H groups in total. The van der Waals surface area contributed by atoms with Gasteiger partial charge in [-0.3, -0.25) is 0 Å². The molecule has 0 radical (unpaired) electrons. The molecule has 0 unspecified atom stereocenters. The Morgan fingerprint density at radius 2 is 1.83 bits per heavy atom. The quantitative estimate of drug-likeness (QED) is 0.580. The fourth-order valence-corrected chi connectivity index (χ4v) is 2.42. The van der Waals surface area contributed by atoms with Crippen molar-refractivity contribution in [3.8, 4) is 0 Å². The predicted octanol–water partition coefficient (Wildman–Crippen LogP) is 2.52. The molecular weight excluding hydrogens is 146 g/mol. The first-order valence-corrected chi connectivity index (χ1v) is 5.22. The Labute approximate surface area is 76.1 Å². The molecule has 0 amide bonds. The molecule has 1 saturated heterocycles. The molecule has 1 aliphatic carbocycles. The van der Waals surface area contributed by atoms with Crippen LogP contribution in [0.1, 0.15) is 40.0 Å². The van der Waals surface area contributed by atoms with Crippen LogP contribution in [-0.4, -0.2) is 24.5 Å². The Hall–Kier alpha value is -0.0400. The van der Waals surface area contributed by atoms with E-state index in [1.165, 1.54) is 38.9 Å². The van der Waals surface area contributed by atoms with Gasteiger partial charge in [-0.1, -0.05) is 20.8 Å². The van der Waals surface area contributed by atoms with E-state index >= 15 is 0 Å². The Kier molecular flexibility index (Phi) is 1.76. The molecule has 0 atom stereocenters. The van der Waals surface area contributed by atoms with Gasteiger partial charge in [-0.25, -0.2) is 0 Å². The van der Waals surface area contributed by atoms with Crippen LogP contribution in [0.5, 0.6) is 0 Å². The highest BCUT2D eigenvalue weighted by atomic mass is 15.2. The molecule has 0 aromatic heterocycles. The highest BCUT2D eigenvalue weighted by molar-refractivity contribution is 5.00. The standard InChI is InChI=1S/C11H21N/c1-10(2,3)8-12-7-6-11(9-12)4-5-11/h4-9H2,1-3H3. The van der Waals surface area contributed by atoms with Crippen LogP contribution in [0.15, 0.2) is 0 Å². The van der Waals surface area contributed by atoms with Gasteiger partial charge in [0.05, 0.1) is 0 Å². The number of rotatable bonds is 1. The van der Waals surface area contributed by atoms with Gasteiger partial charge in [0.1, 0.15) is 0 Å². The molecule has 1 heteroatoms. The van der Waals surface area contributed by atoms with E-state index in [2.05, 4.69) is 25.7 Å². The Balaban J connectivity index is 1.84. The van der Waals surface area contributed by atoms with Crippen LogP contribution in [0.3, 0.4) is 0 Å². The fourth-order valence-electron chi connectivity index (χ4n) is 2.42. The maximum Gasteiger partial charge on any atom is 0.00387 e. The van der Waals surface area contributed by atoms with Crippen molar-refractivity contribution in [2.24, 2.45) is 10.8 Å². The summed E-state index contributed by atoms with van der Waals surface area (Å²) in [6.45, 7) is 11.1.